The Morgan fingerprint density at radius 1 is 1.26 bits per heavy atom. The van der Waals surface area contributed by atoms with E-state index in [1.807, 2.05) is 0 Å². The van der Waals surface area contributed by atoms with Gasteiger partial charge in [-0.3, -0.25) is 0 Å². The van der Waals surface area contributed by atoms with E-state index < -0.39 is 43.6 Å². The minimum atomic E-state index is -4.11. The maximum Gasteiger partial charge on any atom is 0.339 e. The standard InChI is InChI=1S/C16H16N2O7S2/c19-15-12-4-2-1-3-11(12)14(6-13(15)16(20)21)27(24,25)18-7-9-5-10(8-17-9)26(22)23/h1-4,6,9,17-19H,5,7-8H2,(H,20,21)/t9-/m0/s1. The first-order valence-corrected chi connectivity index (χ1v) is 10.4. The molecule has 4 N–H and O–H groups in total. The molecule has 0 spiro atoms. The van der Waals surface area contributed by atoms with Gasteiger partial charge in [0.2, 0.25) is 20.3 Å². The Balaban J connectivity index is 1.97. The Kier molecular flexibility index (Phi) is 5.20. The summed E-state index contributed by atoms with van der Waals surface area (Å²) < 4.78 is 49.8. The molecule has 0 unspecified atom stereocenters. The van der Waals surface area contributed by atoms with Crippen LogP contribution < -0.4 is 10.0 Å². The topological polar surface area (TPSA) is 150 Å². The quantitative estimate of drug-likeness (QED) is 0.499. The maximum absolute atomic E-state index is 12.8. The molecule has 0 saturated carbocycles. The number of fused-ring (bicyclic) bond motifs is 1. The number of carboxylic acid groups (broad SMARTS) is 1. The van der Waals surface area contributed by atoms with E-state index in [4.69, 9.17) is 0 Å². The predicted octanol–water partition coefficient (Wildman–Crippen LogP) is -0.0647. The lowest BCUT2D eigenvalue weighted by Crippen LogP contribution is -2.37. The minimum absolute atomic E-state index is 0.0688. The molecule has 2 aromatic rings. The van der Waals surface area contributed by atoms with Crippen molar-refractivity contribution in [3.8, 4) is 5.75 Å². The molecule has 1 saturated heterocycles. The van der Waals surface area contributed by atoms with Crippen LogP contribution in [0.2, 0.25) is 0 Å². The van der Waals surface area contributed by atoms with E-state index in [0.29, 0.717) is 0 Å². The first-order valence-electron chi connectivity index (χ1n) is 7.85. The van der Waals surface area contributed by atoms with Gasteiger partial charge in [0.15, 0.2) is 0 Å². The fourth-order valence-electron chi connectivity index (χ4n) is 2.95. The Hall–Kier alpha value is -2.47. The van der Waals surface area contributed by atoms with Crippen molar-refractivity contribution in [2.24, 2.45) is 0 Å². The summed E-state index contributed by atoms with van der Waals surface area (Å²) in [5.41, 5.74) is -0.523. The van der Waals surface area contributed by atoms with Crippen LogP contribution >= 0.6 is 0 Å². The van der Waals surface area contributed by atoms with Gasteiger partial charge in [-0.25, -0.2) is 17.9 Å². The maximum atomic E-state index is 12.8. The summed E-state index contributed by atoms with van der Waals surface area (Å²) in [5, 5.41) is 22.6. The number of carboxylic acids is 1. The van der Waals surface area contributed by atoms with Crippen molar-refractivity contribution in [1.29, 1.82) is 0 Å². The molecule has 1 fully saturated rings. The number of aromatic hydroxyl groups is 1. The Labute approximate surface area is 156 Å². The van der Waals surface area contributed by atoms with E-state index in [0.717, 1.165) is 6.07 Å². The molecular formula is C16H16N2O7S2. The van der Waals surface area contributed by atoms with Crippen molar-refractivity contribution in [2.45, 2.75) is 17.4 Å². The van der Waals surface area contributed by atoms with Crippen molar-refractivity contribution >= 4 is 41.9 Å². The van der Waals surface area contributed by atoms with Gasteiger partial charge in [-0.1, -0.05) is 24.3 Å². The molecule has 11 heteroatoms. The van der Waals surface area contributed by atoms with Crippen LogP contribution in [0.3, 0.4) is 0 Å². The predicted molar refractivity (Wildman–Crippen MR) is 98.1 cm³/mol. The van der Waals surface area contributed by atoms with Gasteiger partial charge in [0, 0.05) is 36.3 Å². The second-order valence-corrected chi connectivity index (χ2v) is 8.81. The third-order valence-corrected chi connectivity index (χ3v) is 6.56. The summed E-state index contributed by atoms with van der Waals surface area (Å²) in [5.74, 6) is -1.96. The molecule has 0 aliphatic carbocycles. The Bertz CT molecular complexity index is 1160. The van der Waals surface area contributed by atoms with Crippen molar-refractivity contribution in [3.63, 3.8) is 0 Å². The second kappa shape index (κ2) is 7.27. The highest BCUT2D eigenvalue weighted by molar-refractivity contribution is 7.89. The molecule has 0 aromatic heterocycles. The lowest BCUT2D eigenvalue weighted by Gasteiger charge is -2.14. The van der Waals surface area contributed by atoms with Crippen molar-refractivity contribution < 1.29 is 31.8 Å². The number of phenols is 1. The van der Waals surface area contributed by atoms with Crippen LogP contribution in [0, 0.1) is 0 Å². The van der Waals surface area contributed by atoms with E-state index in [2.05, 4.69) is 10.0 Å². The SMILES string of the molecule is O=C(O)c1cc(S(=O)(=O)NC[C@@H]2CC(=S(=O)=O)CN2)c2ccccc2c1O. The first-order chi connectivity index (χ1) is 12.7. The van der Waals surface area contributed by atoms with Crippen LogP contribution in [-0.2, 0) is 20.3 Å². The van der Waals surface area contributed by atoms with E-state index in [1.54, 1.807) is 12.1 Å². The van der Waals surface area contributed by atoms with Crippen LogP contribution in [0.15, 0.2) is 35.2 Å². The molecule has 1 atom stereocenters. The zero-order valence-corrected chi connectivity index (χ0v) is 15.5. The van der Waals surface area contributed by atoms with Gasteiger partial charge in [-0.15, -0.1) is 0 Å². The third-order valence-electron chi connectivity index (χ3n) is 4.32. The summed E-state index contributed by atoms with van der Waals surface area (Å²) in [6, 6.07) is 6.55. The molecule has 1 aliphatic heterocycles. The number of benzene rings is 2. The Morgan fingerprint density at radius 3 is 2.52 bits per heavy atom. The summed E-state index contributed by atoms with van der Waals surface area (Å²) in [6.07, 6.45) is 0.190. The average Bonchev–Trinajstić information content (AvgIpc) is 3.09. The fraction of sp³-hybridized carbons (Fsp3) is 0.250. The van der Waals surface area contributed by atoms with E-state index in [9.17, 15) is 31.8 Å². The molecule has 144 valence electrons. The van der Waals surface area contributed by atoms with Crippen molar-refractivity contribution in [2.75, 3.05) is 13.1 Å². The first kappa shape index (κ1) is 19.3. The van der Waals surface area contributed by atoms with Crippen LogP contribution in [0.25, 0.3) is 10.8 Å². The molecule has 27 heavy (non-hydrogen) atoms. The highest BCUT2D eigenvalue weighted by atomic mass is 32.2. The molecule has 0 radical (unpaired) electrons. The third kappa shape index (κ3) is 3.81. The summed E-state index contributed by atoms with van der Waals surface area (Å²) in [7, 11) is -6.43. The number of hydrogen-bond donors (Lipinski definition) is 4. The number of aromatic carboxylic acids is 1. The molecule has 0 bridgehead atoms. The zero-order valence-electron chi connectivity index (χ0n) is 13.8. The van der Waals surface area contributed by atoms with Gasteiger partial charge in [-0.2, -0.15) is 8.42 Å². The highest BCUT2D eigenvalue weighted by Crippen LogP contribution is 2.33. The number of sulfonamides is 1. The number of carbonyl (C=O) groups is 1. The lowest BCUT2D eigenvalue weighted by atomic mass is 10.1. The number of hydrogen-bond acceptors (Lipinski definition) is 7. The smallest absolute Gasteiger partial charge is 0.339 e. The summed E-state index contributed by atoms with van der Waals surface area (Å²) in [6.45, 7) is 0.0917. The van der Waals surface area contributed by atoms with E-state index in [-0.39, 0.29) is 40.0 Å². The summed E-state index contributed by atoms with van der Waals surface area (Å²) in [4.78, 5) is 11.4. The summed E-state index contributed by atoms with van der Waals surface area (Å²) >= 11 is 0. The number of nitrogens with one attached hydrogen (secondary N) is 2. The average molecular weight is 412 g/mol. The van der Waals surface area contributed by atoms with Gasteiger partial charge in [0.1, 0.15) is 11.3 Å². The lowest BCUT2D eigenvalue weighted by molar-refractivity contribution is 0.0693. The fourth-order valence-corrected chi connectivity index (χ4v) is 4.80. The van der Waals surface area contributed by atoms with Gasteiger partial charge < -0.3 is 15.5 Å². The van der Waals surface area contributed by atoms with Crippen molar-refractivity contribution in [1.82, 2.24) is 10.0 Å². The molecule has 2 aromatic carbocycles. The molecule has 1 heterocycles. The molecule has 0 amide bonds. The Morgan fingerprint density at radius 2 is 1.93 bits per heavy atom. The van der Waals surface area contributed by atoms with Crippen LogP contribution in [0.1, 0.15) is 16.8 Å². The van der Waals surface area contributed by atoms with Gasteiger partial charge in [0.25, 0.3) is 0 Å². The normalized spacial score (nSPS) is 17.3. The highest BCUT2D eigenvalue weighted by Gasteiger charge is 2.26. The molecular weight excluding hydrogens is 396 g/mol. The molecule has 1 aliphatic rings. The van der Waals surface area contributed by atoms with Crippen LogP contribution in [-0.4, -0.2) is 57.0 Å². The largest absolute Gasteiger partial charge is 0.506 e. The monoisotopic (exact) mass is 412 g/mol. The minimum Gasteiger partial charge on any atom is -0.506 e. The number of rotatable bonds is 5. The van der Waals surface area contributed by atoms with Crippen LogP contribution in [0.5, 0.6) is 5.75 Å². The second-order valence-electron chi connectivity index (χ2n) is 6.03. The van der Waals surface area contributed by atoms with Crippen LogP contribution in [0.4, 0.5) is 0 Å². The van der Waals surface area contributed by atoms with E-state index >= 15 is 0 Å². The zero-order chi connectivity index (χ0) is 19.8. The van der Waals surface area contributed by atoms with Gasteiger partial charge in [0.05, 0.1) is 9.76 Å². The van der Waals surface area contributed by atoms with E-state index in [1.165, 1.54) is 12.1 Å². The molecule has 3 rings (SSSR count). The van der Waals surface area contributed by atoms with Gasteiger partial charge >= 0.3 is 5.97 Å². The molecule has 9 nitrogen and oxygen atoms in total. The van der Waals surface area contributed by atoms with Crippen molar-refractivity contribution in [3.05, 3.63) is 35.9 Å². The van der Waals surface area contributed by atoms with Gasteiger partial charge in [-0.05, 0) is 6.07 Å².